The number of carbonyl (C=O) groups excluding carboxylic acids is 2. The SMILES string of the molecule is CCNC(=O)Nc1cc(OC)ccc1N1CCCN(Cc2ccc(OC)cc2)C1=O. The van der Waals surface area contributed by atoms with E-state index in [1.807, 2.05) is 36.1 Å². The van der Waals surface area contributed by atoms with Crippen LogP contribution in [0.5, 0.6) is 11.5 Å². The molecule has 2 N–H and O–H groups in total. The van der Waals surface area contributed by atoms with Crippen LogP contribution in [0.15, 0.2) is 42.5 Å². The number of urea groups is 2. The Balaban J connectivity index is 1.81. The van der Waals surface area contributed by atoms with Crippen LogP contribution in [0.4, 0.5) is 21.0 Å². The third kappa shape index (κ3) is 4.94. The molecule has 2 aromatic carbocycles. The number of ether oxygens (including phenoxy) is 2. The highest BCUT2D eigenvalue weighted by Gasteiger charge is 2.29. The highest BCUT2D eigenvalue weighted by atomic mass is 16.5. The maximum Gasteiger partial charge on any atom is 0.324 e. The van der Waals surface area contributed by atoms with E-state index in [0.717, 1.165) is 17.7 Å². The quantitative estimate of drug-likeness (QED) is 0.727. The van der Waals surface area contributed by atoms with Crippen LogP contribution in [0.3, 0.4) is 0 Å². The molecule has 0 bridgehead atoms. The van der Waals surface area contributed by atoms with Gasteiger partial charge < -0.3 is 25.0 Å². The summed E-state index contributed by atoms with van der Waals surface area (Å²) in [4.78, 5) is 28.9. The van der Waals surface area contributed by atoms with E-state index in [0.29, 0.717) is 43.3 Å². The molecule has 3 rings (SSSR count). The number of hydrogen-bond acceptors (Lipinski definition) is 4. The van der Waals surface area contributed by atoms with Gasteiger partial charge >= 0.3 is 12.1 Å². The third-order valence-electron chi connectivity index (χ3n) is 4.92. The van der Waals surface area contributed by atoms with Crippen LogP contribution in [0.25, 0.3) is 0 Å². The number of hydrogen-bond donors (Lipinski definition) is 2. The van der Waals surface area contributed by atoms with Crippen molar-refractivity contribution in [2.45, 2.75) is 19.9 Å². The Bertz CT molecular complexity index is 885. The smallest absolute Gasteiger partial charge is 0.324 e. The normalized spacial score (nSPS) is 13.8. The zero-order valence-corrected chi connectivity index (χ0v) is 17.6. The fraction of sp³-hybridized carbons (Fsp3) is 0.364. The minimum absolute atomic E-state index is 0.0961. The lowest BCUT2D eigenvalue weighted by Gasteiger charge is -2.36. The van der Waals surface area contributed by atoms with Gasteiger partial charge in [-0.05, 0) is 43.2 Å². The molecule has 2 aromatic rings. The van der Waals surface area contributed by atoms with Gasteiger partial charge in [0.1, 0.15) is 11.5 Å². The number of carbonyl (C=O) groups is 2. The molecule has 1 heterocycles. The van der Waals surface area contributed by atoms with Crippen LogP contribution in [0, 0.1) is 0 Å². The molecule has 0 radical (unpaired) electrons. The number of anilines is 2. The Morgan fingerprint density at radius 2 is 1.73 bits per heavy atom. The minimum Gasteiger partial charge on any atom is -0.497 e. The first-order valence-corrected chi connectivity index (χ1v) is 9.98. The highest BCUT2D eigenvalue weighted by Crippen LogP contribution is 2.32. The van der Waals surface area contributed by atoms with E-state index >= 15 is 0 Å². The molecule has 0 unspecified atom stereocenters. The molecule has 0 atom stereocenters. The van der Waals surface area contributed by atoms with Crippen LogP contribution in [0.2, 0.25) is 0 Å². The number of benzene rings is 2. The second-order valence-electron chi connectivity index (χ2n) is 6.92. The fourth-order valence-corrected chi connectivity index (χ4v) is 3.41. The van der Waals surface area contributed by atoms with Gasteiger partial charge in [0.25, 0.3) is 0 Å². The summed E-state index contributed by atoms with van der Waals surface area (Å²) in [6.07, 6.45) is 0.828. The maximum absolute atomic E-state index is 13.2. The van der Waals surface area contributed by atoms with Crippen molar-refractivity contribution >= 4 is 23.4 Å². The van der Waals surface area contributed by atoms with Gasteiger partial charge in [-0.1, -0.05) is 12.1 Å². The van der Waals surface area contributed by atoms with Gasteiger partial charge in [-0.15, -0.1) is 0 Å². The lowest BCUT2D eigenvalue weighted by Crippen LogP contribution is -2.49. The summed E-state index contributed by atoms with van der Waals surface area (Å²) >= 11 is 0. The van der Waals surface area contributed by atoms with E-state index in [1.165, 1.54) is 0 Å². The zero-order chi connectivity index (χ0) is 21.5. The summed E-state index contributed by atoms with van der Waals surface area (Å²) in [7, 11) is 3.19. The van der Waals surface area contributed by atoms with Crippen LogP contribution in [-0.2, 0) is 6.54 Å². The van der Waals surface area contributed by atoms with Crippen LogP contribution in [-0.4, -0.2) is 50.8 Å². The topological polar surface area (TPSA) is 83.1 Å². The monoisotopic (exact) mass is 412 g/mol. The van der Waals surface area contributed by atoms with E-state index < -0.39 is 0 Å². The first-order valence-electron chi connectivity index (χ1n) is 9.98. The second kappa shape index (κ2) is 9.87. The lowest BCUT2D eigenvalue weighted by molar-refractivity contribution is 0.192. The van der Waals surface area contributed by atoms with Gasteiger partial charge in [-0.2, -0.15) is 0 Å². The van der Waals surface area contributed by atoms with E-state index in [-0.39, 0.29) is 12.1 Å². The zero-order valence-electron chi connectivity index (χ0n) is 17.6. The molecule has 8 nitrogen and oxygen atoms in total. The first-order chi connectivity index (χ1) is 14.5. The number of nitrogens with zero attached hydrogens (tertiary/aromatic N) is 2. The van der Waals surface area contributed by atoms with Gasteiger partial charge in [-0.25, -0.2) is 9.59 Å². The molecule has 1 fully saturated rings. The molecular formula is C22H28N4O4. The molecule has 30 heavy (non-hydrogen) atoms. The minimum atomic E-state index is -0.327. The largest absolute Gasteiger partial charge is 0.497 e. The maximum atomic E-state index is 13.2. The van der Waals surface area contributed by atoms with E-state index in [9.17, 15) is 9.59 Å². The number of rotatable bonds is 7. The molecule has 8 heteroatoms. The van der Waals surface area contributed by atoms with Crippen LogP contribution < -0.4 is 25.0 Å². The molecule has 1 aliphatic rings. The van der Waals surface area contributed by atoms with Crippen molar-refractivity contribution in [3.63, 3.8) is 0 Å². The van der Waals surface area contributed by atoms with Crippen molar-refractivity contribution in [2.24, 2.45) is 0 Å². The van der Waals surface area contributed by atoms with Crippen molar-refractivity contribution in [3.8, 4) is 11.5 Å². The van der Waals surface area contributed by atoms with Gasteiger partial charge in [-0.3, -0.25) is 4.90 Å². The summed E-state index contributed by atoms with van der Waals surface area (Å²) in [6, 6.07) is 12.6. The molecular weight excluding hydrogens is 384 g/mol. The van der Waals surface area contributed by atoms with E-state index in [2.05, 4.69) is 10.6 Å². The van der Waals surface area contributed by atoms with Crippen LogP contribution in [0.1, 0.15) is 18.9 Å². The molecule has 0 saturated carbocycles. The summed E-state index contributed by atoms with van der Waals surface area (Å²) < 4.78 is 10.5. The fourth-order valence-electron chi connectivity index (χ4n) is 3.41. The first kappa shape index (κ1) is 21.3. The van der Waals surface area contributed by atoms with Crippen molar-refractivity contribution in [3.05, 3.63) is 48.0 Å². The predicted molar refractivity (Wildman–Crippen MR) is 116 cm³/mol. The number of nitrogens with one attached hydrogen (secondary N) is 2. The standard InChI is InChI=1S/C22H28N4O4/c1-4-23-21(27)24-19-14-18(30-3)10-11-20(19)26-13-5-12-25(22(26)28)15-16-6-8-17(29-2)9-7-16/h6-11,14H,4-5,12-13,15H2,1-3H3,(H2,23,24,27). The third-order valence-corrected chi connectivity index (χ3v) is 4.92. The van der Waals surface area contributed by atoms with Gasteiger partial charge in [0.2, 0.25) is 0 Å². The summed E-state index contributed by atoms with van der Waals surface area (Å²) in [5.74, 6) is 1.38. The molecule has 0 spiro atoms. The summed E-state index contributed by atoms with van der Waals surface area (Å²) in [5.41, 5.74) is 2.20. The Kier molecular flexibility index (Phi) is 7.00. The van der Waals surface area contributed by atoms with Crippen molar-refractivity contribution in [2.75, 3.05) is 44.1 Å². The Morgan fingerprint density at radius 1 is 1.03 bits per heavy atom. The Labute approximate surface area is 176 Å². The predicted octanol–water partition coefficient (Wildman–Crippen LogP) is 3.68. The van der Waals surface area contributed by atoms with Gasteiger partial charge in [0, 0.05) is 32.2 Å². The van der Waals surface area contributed by atoms with Crippen LogP contribution >= 0.6 is 0 Å². The Morgan fingerprint density at radius 3 is 2.40 bits per heavy atom. The van der Waals surface area contributed by atoms with Crippen molar-refractivity contribution in [1.82, 2.24) is 10.2 Å². The molecule has 1 saturated heterocycles. The van der Waals surface area contributed by atoms with Gasteiger partial charge in [0.05, 0.1) is 25.6 Å². The average molecular weight is 412 g/mol. The average Bonchev–Trinajstić information content (AvgIpc) is 2.76. The Hall–Kier alpha value is -3.42. The summed E-state index contributed by atoms with van der Waals surface area (Å²) in [6.45, 7) is 4.11. The summed E-state index contributed by atoms with van der Waals surface area (Å²) in [5, 5.41) is 5.53. The number of methoxy groups -OCH3 is 2. The highest BCUT2D eigenvalue weighted by molar-refractivity contribution is 6.00. The second-order valence-corrected chi connectivity index (χ2v) is 6.92. The molecule has 0 aromatic heterocycles. The van der Waals surface area contributed by atoms with Crippen molar-refractivity contribution in [1.29, 1.82) is 0 Å². The molecule has 1 aliphatic heterocycles. The van der Waals surface area contributed by atoms with E-state index in [1.54, 1.807) is 37.3 Å². The van der Waals surface area contributed by atoms with Gasteiger partial charge in [0.15, 0.2) is 0 Å². The van der Waals surface area contributed by atoms with Crippen molar-refractivity contribution < 1.29 is 19.1 Å². The lowest BCUT2D eigenvalue weighted by atomic mass is 10.1. The van der Waals surface area contributed by atoms with E-state index in [4.69, 9.17) is 9.47 Å². The molecule has 4 amide bonds. The number of amides is 4. The molecule has 0 aliphatic carbocycles. The molecule has 160 valence electrons.